The van der Waals surface area contributed by atoms with Gasteiger partial charge in [0, 0.05) is 24.3 Å². The first-order chi connectivity index (χ1) is 7.84. The summed E-state index contributed by atoms with van der Waals surface area (Å²) in [6, 6.07) is 9.71. The molecular formula is C12H10N4. The summed E-state index contributed by atoms with van der Waals surface area (Å²) >= 11 is 0. The molecule has 0 amide bonds. The van der Waals surface area contributed by atoms with Crippen LogP contribution in [0.5, 0.6) is 0 Å². The van der Waals surface area contributed by atoms with Crippen molar-refractivity contribution in [3.63, 3.8) is 0 Å². The van der Waals surface area contributed by atoms with Crippen molar-refractivity contribution >= 4 is 11.5 Å². The van der Waals surface area contributed by atoms with Crippen molar-refractivity contribution in [3.8, 4) is 11.3 Å². The third-order valence-electron chi connectivity index (χ3n) is 2.51. The number of imidazole rings is 1. The van der Waals surface area contributed by atoms with Gasteiger partial charge in [-0.2, -0.15) is 0 Å². The fraction of sp³-hybridized carbons (Fsp3) is 0. The lowest BCUT2D eigenvalue weighted by molar-refractivity contribution is 1.12. The first-order valence-corrected chi connectivity index (χ1v) is 4.98. The van der Waals surface area contributed by atoms with E-state index in [2.05, 4.69) is 9.97 Å². The molecule has 0 unspecified atom stereocenters. The van der Waals surface area contributed by atoms with E-state index in [1.54, 1.807) is 12.4 Å². The number of anilines is 1. The van der Waals surface area contributed by atoms with Crippen molar-refractivity contribution in [2.75, 3.05) is 5.73 Å². The van der Waals surface area contributed by atoms with Gasteiger partial charge in [0.1, 0.15) is 0 Å². The second-order valence-corrected chi connectivity index (χ2v) is 3.55. The van der Waals surface area contributed by atoms with E-state index < -0.39 is 0 Å². The van der Waals surface area contributed by atoms with Crippen molar-refractivity contribution < 1.29 is 0 Å². The zero-order valence-electron chi connectivity index (χ0n) is 8.54. The molecular weight excluding hydrogens is 200 g/mol. The first kappa shape index (κ1) is 8.91. The smallest absolute Gasteiger partial charge is 0.234 e. The number of benzene rings is 1. The van der Waals surface area contributed by atoms with E-state index in [1.165, 1.54) is 0 Å². The fourth-order valence-corrected chi connectivity index (χ4v) is 1.72. The number of aromatic nitrogens is 3. The lowest BCUT2D eigenvalue weighted by Crippen LogP contribution is -1.93. The molecule has 16 heavy (non-hydrogen) atoms. The van der Waals surface area contributed by atoms with Gasteiger partial charge in [0.25, 0.3) is 0 Å². The molecule has 0 fully saturated rings. The standard InChI is InChI=1S/C12H10N4/c13-10-3-1-9(2-4-10)11-5-6-14-12-15-7-8-16(11)12/h1-8H,13H2. The van der Waals surface area contributed by atoms with Gasteiger partial charge >= 0.3 is 0 Å². The van der Waals surface area contributed by atoms with E-state index in [1.807, 2.05) is 40.9 Å². The van der Waals surface area contributed by atoms with Crippen molar-refractivity contribution in [1.29, 1.82) is 0 Å². The Bertz CT molecular complexity index is 625. The molecule has 0 aliphatic heterocycles. The Labute approximate surface area is 92.4 Å². The van der Waals surface area contributed by atoms with Crippen LogP contribution >= 0.6 is 0 Å². The van der Waals surface area contributed by atoms with Crippen LogP contribution in [0.3, 0.4) is 0 Å². The molecule has 2 N–H and O–H groups in total. The highest BCUT2D eigenvalue weighted by atomic mass is 15.1. The third-order valence-corrected chi connectivity index (χ3v) is 2.51. The summed E-state index contributed by atoms with van der Waals surface area (Å²) in [5.74, 6) is 0.703. The highest BCUT2D eigenvalue weighted by Crippen LogP contribution is 2.20. The van der Waals surface area contributed by atoms with Crippen molar-refractivity contribution in [2.45, 2.75) is 0 Å². The Balaban J connectivity index is 2.25. The van der Waals surface area contributed by atoms with E-state index in [-0.39, 0.29) is 0 Å². The summed E-state index contributed by atoms with van der Waals surface area (Å²) in [6.07, 6.45) is 5.39. The summed E-state index contributed by atoms with van der Waals surface area (Å²) in [4.78, 5) is 8.32. The van der Waals surface area contributed by atoms with Gasteiger partial charge in [-0.05, 0) is 23.8 Å². The zero-order chi connectivity index (χ0) is 11.0. The van der Waals surface area contributed by atoms with Crippen LogP contribution in [-0.4, -0.2) is 14.4 Å². The predicted octanol–water partition coefficient (Wildman–Crippen LogP) is 1.98. The van der Waals surface area contributed by atoms with E-state index in [0.717, 1.165) is 16.9 Å². The molecule has 2 aromatic heterocycles. The van der Waals surface area contributed by atoms with Crippen molar-refractivity contribution in [3.05, 3.63) is 48.9 Å². The topological polar surface area (TPSA) is 56.2 Å². The molecule has 3 aromatic rings. The largest absolute Gasteiger partial charge is 0.399 e. The summed E-state index contributed by atoms with van der Waals surface area (Å²) < 4.78 is 1.95. The average Bonchev–Trinajstić information content (AvgIpc) is 2.78. The van der Waals surface area contributed by atoms with Crippen molar-refractivity contribution in [1.82, 2.24) is 14.4 Å². The maximum atomic E-state index is 5.67. The molecule has 0 radical (unpaired) electrons. The number of hydrogen-bond acceptors (Lipinski definition) is 3. The molecule has 0 bridgehead atoms. The summed E-state index contributed by atoms with van der Waals surface area (Å²) in [5, 5.41) is 0. The first-order valence-electron chi connectivity index (χ1n) is 4.98. The summed E-state index contributed by atoms with van der Waals surface area (Å²) in [5.41, 5.74) is 8.58. The molecule has 0 aliphatic carbocycles. The Morgan fingerprint density at radius 3 is 2.50 bits per heavy atom. The second-order valence-electron chi connectivity index (χ2n) is 3.55. The molecule has 0 saturated heterocycles. The van der Waals surface area contributed by atoms with E-state index in [0.29, 0.717) is 5.78 Å². The van der Waals surface area contributed by atoms with Gasteiger partial charge in [0.05, 0.1) is 5.69 Å². The number of nitrogens with zero attached hydrogens (tertiary/aromatic N) is 3. The number of fused-ring (bicyclic) bond motifs is 1. The van der Waals surface area contributed by atoms with Gasteiger partial charge in [0.15, 0.2) is 0 Å². The van der Waals surface area contributed by atoms with Crippen LogP contribution in [0.4, 0.5) is 5.69 Å². The molecule has 1 aromatic carbocycles. The second kappa shape index (κ2) is 3.34. The SMILES string of the molecule is Nc1ccc(-c2ccnc3nccn23)cc1. The highest BCUT2D eigenvalue weighted by molar-refractivity contribution is 5.64. The van der Waals surface area contributed by atoms with Gasteiger partial charge in [-0.3, -0.25) is 4.40 Å². The van der Waals surface area contributed by atoms with Gasteiger partial charge in [-0.1, -0.05) is 12.1 Å². The minimum atomic E-state index is 0.703. The Morgan fingerprint density at radius 2 is 1.69 bits per heavy atom. The quantitative estimate of drug-likeness (QED) is 0.625. The molecule has 78 valence electrons. The minimum absolute atomic E-state index is 0.703. The normalized spacial score (nSPS) is 10.8. The summed E-state index contributed by atoms with van der Waals surface area (Å²) in [6.45, 7) is 0. The highest BCUT2D eigenvalue weighted by Gasteiger charge is 2.03. The number of rotatable bonds is 1. The minimum Gasteiger partial charge on any atom is -0.399 e. The van der Waals surface area contributed by atoms with E-state index >= 15 is 0 Å². The number of hydrogen-bond donors (Lipinski definition) is 1. The van der Waals surface area contributed by atoms with Crippen LogP contribution in [0.1, 0.15) is 0 Å². The maximum Gasteiger partial charge on any atom is 0.234 e. The van der Waals surface area contributed by atoms with Crippen LogP contribution in [0.15, 0.2) is 48.9 Å². The van der Waals surface area contributed by atoms with E-state index in [4.69, 9.17) is 5.73 Å². The number of nitrogen functional groups attached to an aromatic ring is 1. The zero-order valence-corrected chi connectivity index (χ0v) is 8.54. The monoisotopic (exact) mass is 210 g/mol. The Kier molecular flexibility index (Phi) is 1.86. The van der Waals surface area contributed by atoms with Gasteiger partial charge in [-0.15, -0.1) is 0 Å². The van der Waals surface area contributed by atoms with Gasteiger partial charge < -0.3 is 5.73 Å². The van der Waals surface area contributed by atoms with Crippen LogP contribution < -0.4 is 5.73 Å². The molecule has 3 rings (SSSR count). The lowest BCUT2D eigenvalue weighted by Gasteiger charge is -2.04. The van der Waals surface area contributed by atoms with E-state index in [9.17, 15) is 0 Å². The predicted molar refractivity (Wildman–Crippen MR) is 62.8 cm³/mol. The summed E-state index contributed by atoms with van der Waals surface area (Å²) in [7, 11) is 0. The molecule has 0 saturated carbocycles. The van der Waals surface area contributed by atoms with Crippen LogP contribution in [-0.2, 0) is 0 Å². The molecule has 0 spiro atoms. The number of nitrogens with two attached hydrogens (primary N) is 1. The van der Waals surface area contributed by atoms with Crippen molar-refractivity contribution in [2.24, 2.45) is 0 Å². The maximum absolute atomic E-state index is 5.67. The van der Waals surface area contributed by atoms with Crippen LogP contribution in [0.2, 0.25) is 0 Å². The lowest BCUT2D eigenvalue weighted by atomic mass is 10.1. The average molecular weight is 210 g/mol. The van der Waals surface area contributed by atoms with Gasteiger partial charge in [-0.25, -0.2) is 9.97 Å². The van der Waals surface area contributed by atoms with Crippen LogP contribution in [0.25, 0.3) is 17.0 Å². The molecule has 4 nitrogen and oxygen atoms in total. The Morgan fingerprint density at radius 1 is 0.938 bits per heavy atom. The fourth-order valence-electron chi connectivity index (χ4n) is 1.72. The van der Waals surface area contributed by atoms with Crippen LogP contribution in [0, 0.1) is 0 Å². The molecule has 4 heteroatoms. The molecule has 0 atom stereocenters. The van der Waals surface area contributed by atoms with Gasteiger partial charge in [0.2, 0.25) is 5.78 Å². The third kappa shape index (κ3) is 1.32. The molecule has 0 aliphatic rings. The Hall–Kier alpha value is -2.36. The molecule has 2 heterocycles.